The third-order valence-electron chi connectivity index (χ3n) is 4.19. The minimum atomic E-state index is -1.16. The second-order valence-electron chi connectivity index (χ2n) is 5.97. The normalized spacial score (nSPS) is 11.8. The highest BCUT2D eigenvalue weighted by molar-refractivity contribution is 5.80. The van der Waals surface area contributed by atoms with E-state index in [0.717, 1.165) is 11.1 Å². The number of benzene rings is 2. The van der Waals surface area contributed by atoms with Gasteiger partial charge in [-0.3, -0.25) is 0 Å². The van der Waals surface area contributed by atoms with E-state index in [4.69, 9.17) is 24.1 Å². The lowest BCUT2D eigenvalue weighted by molar-refractivity contribution is -0.138. The van der Waals surface area contributed by atoms with Crippen molar-refractivity contribution in [3.63, 3.8) is 0 Å². The largest absolute Gasteiger partial charge is 0.495 e. The van der Waals surface area contributed by atoms with Crippen molar-refractivity contribution < 1.29 is 34.0 Å². The van der Waals surface area contributed by atoms with Crippen molar-refractivity contribution in [1.82, 2.24) is 0 Å². The van der Waals surface area contributed by atoms with Gasteiger partial charge in [0, 0.05) is 0 Å². The van der Waals surface area contributed by atoms with Crippen LogP contribution < -0.4 is 24.3 Å². The van der Waals surface area contributed by atoms with Crippen LogP contribution in [0.4, 0.5) is 5.69 Å². The Labute approximate surface area is 169 Å². The Hall–Kier alpha value is -3.39. The van der Waals surface area contributed by atoms with Gasteiger partial charge < -0.3 is 34.5 Å². The standard InChI is InChI=1S/C21H25NO7/c1-26-17-8-7-13(9-15(17)22-16(12-23)21(24)25)5-6-14-10-18(27-2)20(29-4)19(11-14)28-3/h5-11,16,22-23H,12H2,1-4H3,(H,24,25)/b6-5-/t16-/m1/s1. The van der Waals surface area contributed by atoms with Crippen molar-refractivity contribution in [3.8, 4) is 23.0 Å². The summed E-state index contributed by atoms with van der Waals surface area (Å²) in [6, 6.07) is 7.76. The highest BCUT2D eigenvalue weighted by Crippen LogP contribution is 2.38. The molecule has 0 fully saturated rings. The number of hydrogen-bond donors (Lipinski definition) is 3. The van der Waals surface area contributed by atoms with E-state index in [0.29, 0.717) is 28.7 Å². The van der Waals surface area contributed by atoms with Crippen molar-refractivity contribution in [2.24, 2.45) is 0 Å². The fourth-order valence-electron chi connectivity index (χ4n) is 2.71. The van der Waals surface area contributed by atoms with Crippen molar-refractivity contribution in [2.75, 3.05) is 40.4 Å². The van der Waals surface area contributed by atoms with E-state index in [1.807, 2.05) is 30.4 Å². The van der Waals surface area contributed by atoms with Crippen molar-refractivity contribution in [2.45, 2.75) is 6.04 Å². The monoisotopic (exact) mass is 403 g/mol. The zero-order chi connectivity index (χ0) is 21.4. The van der Waals surface area contributed by atoms with Gasteiger partial charge in [0.05, 0.1) is 40.7 Å². The first-order valence-corrected chi connectivity index (χ1v) is 8.73. The maximum absolute atomic E-state index is 11.2. The number of anilines is 1. The van der Waals surface area contributed by atoms with E-state index < -0.39 is 18.6 Å². The topological polar surface area (TPSA) is 106 Å². The van der Waals surface area contributed by atoms with Crippen molar-refractivity contribution >= 4 is 23.8 Å². The van der Waals surface area contributed by atoms with Gasteiger partial charge in [-0.15, -0.1) is 0 Å². The minimum absolute atomic E-state index is 0.459. The number of nitrogens with one attached hydrogen (secondary N) is 1. The first-order valence-electron chi connectivity index (χ1n) is 8.73. The van der Waals surface area contributed by atoms with E-state index in [2.05, 4.69) is 5.32 Å². The molecule has 0 aromatic heterocycles. The lowest BCUT2D eigenvalue weighted by atomic mass is 10.1. The summed E-state index contributed by atoms with van der Waals surface area (Å²) in [5, 5.41) is 21.2. The van der Waals surface area contributed by atoms with Gasteiger partial charge in [-0.25, -0.2) is 4.79 Å². The van der Waals surface area contributed by atoms with Crippen LogP contribution in [-0.4, -0.2) is 57.3 Å². The Balaban J connectivity index is 2.35. The summed E-state index contributed by atoms with van der Waals surface area (Å²) in [6.45, 7) is -0.552. The number of ether oxygens (including phenoxy) is 4. The zero-order valence-corrected chi connectivity index (χ0v) is 16.8. The Morgan fingerprint density at radius 1 is 0.931 bits per heavy atom. The van der Waals surface area contributed by atoms with Crippen LogP contribution in [0.5, 0.6) is 23.0 Å². The van der Waals surface area contributed by atoms with Crippen LogP contribution >= 0.6 is 0 Å². The summed E-state index contributed by atoms with van der Waals surface area (Å²) in [4.78, 5) is 11.2. The summed E-state index contributed by atoms with van der Waals surface area (Å²) < 4.78 is 21.3. The molecule has 0 saturated heterocycles. The lowest BCUT2D eigenvalue weighted by Crippen LogP contribution is -2.32. The summed E-state index contributed by atoms with van der Waals surface area (Å²) in [5.74, 6) is 0.890. The molecule has 0 aliphatic rings. The van der Waals surface area contributed by atoms with Crippen LogP contribution in [0.15, 0.2) is 30.3 Å². The van der Waals surface area contributed by atoms with Crippen LogP contribution in [0, 0.1) is 0 Å². The molecule has 0 aliphatic carbocycles. The van der Waals surface area contributed by atoms with Gasteiger partial charge in [0.1, 0.15) is 11.8 Å². The molecular weight excluding hydrogens is 378 g/mol. The molecule has 1 atom stereocenters. The molecule has 8 heteroatoms. The second-order valence-corrected chi connectivity index (χ2v) is 5.97. The Kier molecular flexibility index (Phi) is 7.73. The molecular formula is C21H25NO7. The fraction of sp³-hybridized carbons (Fsp3) is 0.286. The molecule has 0 bridgehead atoms. The van der Waals surface area contributed by atoms with Crippen LogP contribution in [0.25, 0.3) is 12.2 Å². The number of carboxylic acid groups (broad SMARTS) is 1. The maximum Gasteiger partial charge on any atom is 0.328 e. The van der Waals surface area contributed by atoms with E-state index in [1.165, 1.54) is 7.11 Å². The smallest absolute Gasteiger partial charge is 0.328 e. The molecule has 0 radical (unpaired) electrons. The van der Waals surface area contributed by atoms with Crippen molar-refractivity contribution in [1.29, 1.82) is 0 Å². The highest BCUT2D eigenvalue weighted by Gasteiger charge is 2.18. The Morgan fingerprint density at radius 2 is 1.52 bits per heavy atom. The predicted molar refractivity (Wildman–Crippen MR) is 110 cm³/mol. The zero-order valence-electron chi connectivity index (χ0n) is 16.8. The highest BCUT2D eigenvalue weighted by atomic mass is 16.5. The summed E-state index contributed by atoms with van der Waals surface area (Å²) in [5.41, 5.74) is 2.08. The molecule has 0 heterocycles. The molecule has 2 aromatic rings. The van der Waals surface area contributed by atoms with E-state index >= 15 is 0 Å². The average Bonchev–Trinajstić information content (AvgIpc) is 2.74. The summed E-state index contributed by atoms with van der Waals surface area (Å²) in [7, 11) is 6.12. The quantitative estimate of drug-likeness (QED) is 0.520. The third-order valence-corrected chi connectivity index (χ3v) is 4.19. The molecule has 2 aromatic carbocycles. The molecule has 0 unspecified atom stereocenters. The Bertz CT molecular complexity index is 854. The Morgan fingerprint density at radius 3 is 2.00 bits per heavy atom. The van der Waals surface area contributed by atoms with Crippen LogP contribution in [0.2, 0.25) is 0 Å². The number of methoxy groups -OCH3 is 4. The fourth-order valence-corrected chi connectivity index (χ4v) is 2.71. The van der Waals surface area contributed by atoms with E-state index in [9.17, 15) is 9.90 Å². The maximum atomic E-state index is 11.2. The molecule has 2 rings (SSSR count). The molecule has 0 aliphatic heterocycles. The molecule has 156 valence electrons. The van der Waals surface area contributed by atoms with Gasteiger partial charge in [0.2, 0.25) is 5.75 Å². The second kappa shape index (κ2) is 10.2. The molecule has 8 nitrogen and oxygen atoms in total. The number of aliphatic hydroxyl groups is 1. The van der Waals surface area contributed by atoms with Crippen LogP contribution in [0.3, 0.4) is 0 Å². The summed E-state index contributed by atoms with van der Waals surface area (Å²) in [6.07, 6.45) is 3.71. The molecule has 3 N–H and O–H groups in total. The first-order chi connectivity index (χ1) is 14.0. The van der Waals surface area contributed by atoms with Gasteiger partial charge in [-0.05, 0) is 35.4 Å². The van der Waals surface area contributed by atoms with Gasteiger partial charge in [-0.2, -0.15) is 0 Å². The first kappa shape index (κ1) is 21.9. The van der Waals surface area contributed by atoms with E-state index in [-0.39, 0.29) is 0 Å². The van der Waals surface area contributed by atoms with Gasteiger partial charge in [0.25, 0.3) is 0 Å². The molecule has 0 saturated carbocycles. The number of carbonyl (C=O) groups is 1. The number of aliphatic carboxylic acids is 1. The number of carboxylic acids is 1. The van der Waals surface area contributed by atoms with Gasteiger partial charge in [0.15, 0.2) is 11.5 Å². The SMILES string of the molecule is COc1ccc(/C=C\c2cc(OC)c(OC)c(OC)c2)cc1N[C@H](CO)C(=O)O. The number of rotatable bonds is 10. The number of hydrogen-bond acceptors (Lipinski definition) is 7. The third kappa shape index (κ3) is 5.32. The summed E-state index contributed by atoms with van der Waals surface area (Å²) >= 11 is 0. The average molecular weight is 403 g/mol. The minimum Gasteiger partial charge on any atom is -0.495 e. The van der Waals surface area contributed by atoms with E-state index in [1.54, 1.807) is 33.5 Å². The molecule has 0 spiro atoms. The number of aliphatic hydroxyl groups excluding tert-OH is 1. The van der Waals surface area contributed by atoms with Crippen LogP contribution in [0.1, 0.15) is 11.1 Å². The molecule has 0 amide bonds. The van der Waals surface area contributed by atoms with Gasteiger partial charge >= 0.3 is 5.97 Å². The van der Waals surface area contributed by atoms with Crippen LogP contribution in [-0.2, 0) is 4.79 Å². The lowest BCUT2D eigenvalue weighted by Gasteiger charge is -2.16. The predicted octanol–water partition coefficient (Wildman–Crippen LogP) is 2.75. The molecule has 29 heavy (non-hydrogen) atoms. The van der Waals surface area contributed by atoms with Crippen molar-refractivity contribution in [3.05, 3.63) is 41.5 Å². The van der Waals surface area contributed by atoms with Gasteiger partial charge in [-0.1, -0.05) is 18.2 Å².